The van der Waals surface area contributed by atoms with E-state index in [-0.39, 0.29) is 0 Å². The molecule has 106 valence electrons. The van der Waals surface area contributed by atoms with Gasteiger partial charge in [0.1, 0.15) is 44.2 Å². The lowest BCUT2D eigenvalue weighted by molar-refractivity contribution is -0.915. The average Bonchev–Trinajstić information content (AvgIpc) is 2.30. The summed E-state index contributed by atoms with van der Waals surface area (Å²) in [5.41, 5.74) is 1.09. The van der Waals surface area contributed by atoms with Crippen molar-refractivity contribution in [2.45, 2.75) is 33.0 Å². The number of halogens is 1. The standard InChI is InChI=1S/C15H22ClNO2/c1-11-8-14(16)4-5-15(11)18-7-6-17-9-12(2)19-13(3)10-17/h4-5,8,12-13H,6-7,9-10H2,1-3H3/p+1/t12-,13+. The average molecular weight is 285 g/mol. The minimum absolute atomic E-state index is 0.344. The lowest BCUT2D eigenvalue weighted by atomic mass is 10.2. The Balaban J connectivity index is 1.80. The fourth-order valence-electron chi connectivity index (χ4n) is 2.67. The first-order chi connectivity index (χ1) is 9.04. The predicted molar refractivity (Wildman–Crippen MR) is 77.3 cm³/mol. The maximum absolute atomic E-state index is 5.93. The summed E-state index contributed by atoms with van der Waals surface area (Å²) in [7, 11) is 0. The van der Waals surface area contributed by atoms with Crippen LogP contribution in [-0.4, -0.2) is 38.4 Å². The highest BCUT2D eigenvalue weighted by molar-refractivity contribution is 6.30. The van der Waals surface area contributed by atoms with Crippen LogP contribution >= 0.6 is 11.6 Å². The molecule has 19 heavy (non-hydrogen) atoms. The number of nitrogens with one attached hydrogen (secondary N) is 1. The lowest BCUT2D eigenvalue weighted by Gasteiger charge is -2.32. The molecule has 0 saturated carbocycles. The number of hydrogen-bond acceptors (Lipinski definition) is 2. The monoisotopic (exact) mass is 284 g/mol. The van der Waals surface area contributed by atoms with E-state index >= 15 is 0 Å². The Morgan fingerprint density at radius 2 is 2.00 bits per heavy atom. The fourth-order valence-corrected chi connectivity index (χ4v) is 2.90. The third-order valence-electron chi connectivity index (χ3n) is 3.47. The van der Waals surface area contributed by atoms with Gasteiger partial charge in [0.25, 0.3) is 0 Å². The Labute approximate surface area is 120 Å². The van der Waals surface area contributed by atoms with Gasteiger partial charge >= 0.3 is 0 Å². The van der Waals surface area contributed by atoms with Crippen LogP contribution in [0.1, 0.15) is 19.4 Å². The molecule has 1 aliphatic rings. The molecule has 1 aliphatic heterocycles. The molecular weight excluding hydrogens is 262 g/mol. The molecule has 0 radical (unpaired) electrons. The number of morpholine rings is 1. The Morgan fingerprint density at radius 1 is 1.32 bits per heavy atom. The third-order valence-corrected chi connectivity index (χ3v) is 3.70. The second-order valence-corrected chi connectivity index (χ2v) is 5.86. The first kappa shape index (κ1) is 14.6. The van der Waals surface area contributed by atoms with Gasteiger partial charge in [0.15, 0.2) is 0 Å². The van der Waals surface area contributed by atoms with Crippen LogP contribution in [0.15, 0.2) is 18.2 Å². The van der Waals surface area contributed by atoms with Crippen molar-refractivity contribution in [2.75, 3.05) is 26.2 Å². The van der Waals surface area contributed by atoms with Gasteiger partial charge in [-0.1, -0.05) is 11.6 Å². The van der Waals surface area contributed by atoms with Gasteiger partial charge in [-0.2, -0.15) is 0 Å². The Bertz CT molecular complexity index is 415. The first-order valence-electron chi connectivity index (χ1n) is 6.92. The number of aryl methyl sites for hydroxylation is 1. The number of hydrogen-bond donors (Lipinski definition) is 1. The molecule has 3 nitrogen and oxygen atoms in total. The Morgan fingerprint density at radius 3 is 2.63 bits per heavy atom. The van der Waals surface area contributed by atoms with Crippen LogP contribution in [0, 0.1) is 6.92 Å². The summed E-state index contributed by atoms with van der Waals surface area (Å²) in [5, 5.41) is 0.756. The number of rotatable bonds is 4. The summed E-state index contributed by atoms with van der Waals surface area (Å²) in [6, 6.07) is 5.75. The van der Waals surface area contributed by atoms with Crippen molar-refractivity contribution in [1.29, 1.82) is 0 Å². The molecule has 3 atom stereocenters. The second kappa shape index (κ2) is 6.60. The zero-order valence-corrected chi connectivity index (χ0v) is 12.7. The van der Waals surface area contributed by atoms with Crippen LogP contribution in [0.5, 0.6) is 5.75 Å². The normalized spacial score (nSPS) is 27.3. The van der Waals surface area contributed by atoms with Crippen molar-refractivity contribution >= 4 is 11.6 Å². The van der Waals surface area contributed by atoms with Crippen LogP contribution in [-0.2, 0) is 4.74 Å². The molecular formula is C15H23ClNO2+. The largest absolute Gasteiger partial charge is 0.487 e. The van der Waals surface area contributed by atoms with Crippen molar-refractivity contribution in [3.8, 4) is 5.75 Å². The molecule has 1 fully saturated rings. The third kappa shape index (κ3) is 4.37. The lowest BCUT2D eigenvalue weighted by Crippen LogP contribution is -3.16. The van der Waals surface area contributed by atoms with E-state index in [1.165, 1.54) is 0 Å². The summed E-state index contributed by atoms with van der Waals surface area (Å²) in [6.45, 7) is 10.2. The molecule has 2 rings (SSSR count). The SMILES string of the molecule is Cc1cc(Cl)ccc1OCC[NH+]1C[C@@H](C)O[C@@H](C)C1. The van der Waals surface area contributed by atoms with E-state index in [0.29, 0.717) is 12.2 Å². The Kier molecular flexibility index (Phi) is 5.08. The molecule has 0 spiro atoms. The maximum atomic E-state index is 5.93. The van der Waals surface area contributed by atoms with Crippen LogP contribution < -0.4 is 9.64 Å². The van der Waals surface area contributed by atoms with E-state index < -0.39 is 0 Å². The van der Waals surface area contributed by atoms with Crippen molar-refractivity contribution in [3.05, 3.63) is 28.8 Å². The highest BCUT2D eigenvalue weighted by Crippen LogP contribution is 2.21. The van der Waals surface area contributed by atoms with Gasteiger partial charge in [0.2, 0.25) is 0 Å². The molecule has 0 aliphatic carbocycles. The molecule has 1 saturated heterocycles. The van der Waals surface area contributed by atoms with Crippen LogP contribution in [0.4, 0.5) is 0 Å². The van der Waals surface area contributed by atoms with Crippen molar-refractivity contribution in [1.82, 2.24) is 0 Å². The predicted octanol–water partition coefficient (Wildman–Crippen LogP) is 1.72. The quantitative estimate of drug-likeness (QED) is 0.910. The smallest absolute Gasteiger partial charge is 0.137 e. The zero-order valence-electron chi connectivity index (χ0n) is 11.9. The molecule has 1 aromatic rings. The number of benzene rings is 1. The van der Waals surface area contributed by atoms with E-state index in [1.807, 2.05) is 25.1 Å². The minimum Gasteiger partial charge on any atom is -0.487 e. The summed E-state index contributed by atoms with van der Waals surface area (Å²) in [5.74, 6) is 0.929. The van der Waals surface area contributed by atoms with Gasteiger partial charge in [-0.3, -0.25) is 0 Å². The van der Waals surface area contributed by atoms with E-state index in [4.69, 9.17) is 21.1 Å². The van der Waals surface area contributed by atoms with Gasteiger partial charge < -0.3 is 14.4 Å². The summed E-state index contributed by atoms with van der Waals surface area (Å²) in [6.07, 6.45) is 0.687. The summed E-state index contributed by atoms with van der Waals surface area (Å²) in [4.78, 5) is 1.55. The molecule has 1 N–H and O–H groups in total. The van der Waals surface area contributed by atoms with Crippen molar-refractivity contribution in [3.63, 3.8) is 0 Å². The maximum Gasteiger partial charge on any atom is 0.137 e. The molecule has 0 aromatic heterocycles. The highest BCUT2D eigenvalue weighted by atomic mass is 35.5. The molecule has 0 amide bonds. The number of quaternary nitrogens is 1. The van der Waals surface area contributed by atoms with E-state index in [0.717, 1.165) is 42.6 Å². The Hall–Kier alpha value is -0.770. The molecule has 0 bridgehead atoms. The molecule has 1 heterocycles. The van der Waals surface area contributed by atoms with Crippen LogP contribution in [0.2, 0.25) is 5.02 Å². The zero-order chi connectivity index (χ0) is 13.8. The van der Waals surface area contributed by atoms with Gasteiger partial charge in [-0.25, -0.2) is 0 Å². The van der Waals surface area contributed by atoms with Gasteiger partial charge in [-0.05, 0) is 44.5 Å². The number of ether oxygens (including phenoxy) is 2. The van der Waals surface area contributed by atoms with Gasteiger partial charge in [-0.15, -0.1) is 0 Å². The minimum atomic E-state index is 0.344. The van der Waals surface area contributed by atoms with E-state index in [9.17, 15) is 0 Å². The fraction of sp³-hybridized carbons (Fsp3) is 0.600. The molecule has 1 unspecified atom stereocenters. The van der Waals surface area contributed by atoms with Crippen LogP contribution in [0.25, 0.3) is 0 Å². The van der Waals surface area contributed by atoms with E-state index in [1.54, 1.807) is 4.90 Å². The summed E-state index contributed by atoms with van der Waals surface area (Å²) < 4.78 is 11.6. The summed E-state index contributed by atoms with van der Waals surface area (Å²) >= 11 is 5.93. The van der Waals surface area contributed by atoms with Crippen molar-refractivity contribution < 1.29 is 14.4 Å². The second-order valence-electron chi connectivity index (χ2n) is 5.42. The highest BCUT2D eigenvalue weighted by Gasteiger charge is 2.25. The van der Waals surface area contributed by atoms with Crippen LogP contribution in [0.3, 0.4) is 0 Å². The molecule has 1 aromatic carbocycles. The van der Waals surface area contributed by atoms with Gasteiger partial charge in [0, 0.05) is 5.02 Å². The van der Waals surface area contributed by atoms with Gasteiger partial charge in [0.05, 0.1) is 0 Å². The van der Waals surface area contributed by atoms with E-state index in [2.05, 4.69) is 13.8 Å². The topological polar surface area (TPSA) is 22.9 Å². The van der Waals surface area contributed by atoms with Crippen molar-refractivity contribution in [2.24, 2.45) is 0 Å². The first-order valence-corrected chi connectivity index (χ1v) is 7.30. The molecule has 4 heteroatoms.